The highest BCUT2D eigenvalue weighted by Gasteiger charge is 2.13. The van der Waals surface area contributed by atoms with E-state index >= 15 is 0 Å². The van der Waals surface area contributed by atoms with Gasteiger partial charge in [-0.15, -0.1) is 11.8 Å². The molecule has 0 atom stereocenters. The van der Waals surface area contributed by atoms with Crippen LogP contribution in [0.15, 0.2) is 33.6 Å². The minimum Gasteiger partial charge on any atom is -0.478 e. The highest BCUT2D eigenvalue weighted by Crippen LogP contribution is 2.28. The van der Waals surface area contributed by atoms with Gasteiger partial charge in [0, 0.05) is 4.90 Å². The second-order valence-corrected chi connectivity index (χ2v) is 5.31. The topological polar surface area (TPSA) is 50.4 Å². The Morgan fingerprint density at radius 3 is 2.79 bits per heavy atom. The molecule has 0 amide bonds. The Kier molecular flexibility index (Phi) is 4.17. The molecule has 0 fully saturated rings. The Morgan fingerprint density at radius 1 is 1.47 bits per heavy atom. The highest BCUT2D eigenvalue weighted by molar-refractivity contribution is 7.98. The lowest BCUT2D eigenvalue weighted by molar-refractivity contribution is 0.0695. The van der Waals surface area contributed by atoms with Crippen LogP contribution in [0, 0.1) is 12.7 Å². The maximum absolute atomic E-state index is 13.0. The Bertz CT molecular complexity index is 624. The summed E-state index contributed by atoms with van der Waals surface area (Å²) in [6.45, 7) is 1.60. The number of halogens is 2. The Labute approximate surface area is 118 Å². The number of carboxylic acid groups (broad SMARTS) is 1. The third-order valence-electron chi connectivity index (χ3n) is 2.47. The summed E-state index contributed by atoms with van der Waals surface area (Å²) < 4.78 is 18.3. The van der Waals surface area contributed by atoms with Crippen molar-refractivity contribution in [1.29, 1.82) is 0 Å². The molecule has 3 nitrogen and oxygen atoms in total. The van der Waals surface area contributed by atoms with Crippen molar-refractivity contribution in [3.63, 3.8) is 0 Å². The number of aryl methyl sites for hydroxylation is 1. The molecule has 6 heteroatoms. The fourth-order valence-corrected chi connectivity index (χ4v) is 2.61. The van der Waals surface area contributed by atoms with E-state index in [9.17, 15) is 9.18 Å². The molecule has 1 aromatic heterocycles. The van der Waals surface area contributed by atoms with Gasteiger partial charge in [0.15, 0.2) is 0 Å². The van der Waals surface area contributed by atoms with Crippen LogP contribution in [0.3, 0.4) is 0 Å². The molecule has 0 radical (unpaired) electrons. The number of thioether (sulfide) groups is 1. The lowest BCUT2D eigenvalue weighted by atomic mass is 10.2. The Hall–Kier alpha value is -1.46. The standard InChI is InChI=1S/C13H10ClFO3S/c1-7-10(13(16)17)4-8(18-7)6-19-9-2-3-12(15)11(14)5-9/h2-5H,6H2,1H3,(H,16,17). The molecule has 0 unspecified atom stereocenters. The largest absolute Gasteiger partial charge is 0.478 e. The van der Waals surface area contributed by atoms with Crippen LogP contribution in [0.25, 0.3) is 0 Å². The fraction of sp³-hybridized carbons (Fsp3) is 0.154. The second-order valence-electron chi connectivity index (χ2n) is 3.85. The number of rotatable bonds is 4. The lowest BCUT2D eigenvalue weighted by Gasteiger charge is -2.00. The van der Waals surface area contributed by atoms with Gasteiger partial charge in [-0.1, -0.05) is 11.6 Å². The normalized spacial score (nSPS) is 10.7. The van der Waals surface area contributed by atoms with Crippen molar-refractivity contribution in [2.45, 2.75) is 17.6 Å². The summed E-state index contributed by atoms with van der Waals surface area (Å²) in [4.78, 5) is 11.7. The van der Waals surface area contributed by atoms with E-state index in [1.165, 1.54) is 30.0 Å². The van der Waals surface area contributed by atoms with Gasteiger partial charge in [-0.2, -0.15) is 0 Å². The van der Waals surface area contributed by atoms with Crippen LogP contribution in [0.5, 0.6) is 0 Å². The number of hydrogen-bond acceptors (Lipinski definition) is 3. The molecular formula is C13H10ClFO3S. The fourth-order valence-electron chi connectivity index (χ4n) is 1.55. The van der Waals surface area contributed by atoms with Gasteiger partial charge < -0.3 is 9.52 Å². The van der Waals surface area contributed by atoms with Crippen molar-refractivity contribution < 1.29 is 18.7 Å². The minimum absolute atomic E-state index is 0.0619. The van der Waals surface area contributed by atoms with Crippen LogP contribution >= 0.6 is 23.4 Å². The van der Waals surface area contributed by atoms with E-state index in [0.717, 1.165) is 4.90 Å². The number of carbonyl (C=O) groups is 1. The van der Waals surface area contributed by atoms with E-state index in [1.54, 1.807) is 13.0 Å². The molecule has 1 heterocycles. The quantitative estimate of drug-likeness (QED) is 0.852. The Balaban J connectivity index is 2.08. The summed E-state index contributed by atoms with van der Waals surface area (Å²) in [5.41, 5.74) is 0.160. The molecule has 2 aromatic rings. The van der Waals surface area contributed by atoms with Gasteiger partial charge in [-0.25, -0.2) is 9.18 Å². The van der Waals surface area contributed by atoms with E-state index in [1.807, 2.05) is 0 Å². The summed E-state index contributed by atoms with van der Waals surface area (Å²) in [5.74, 6) is -0.0910. The molecule has 0 aliphatic heterocycles. The predicted molar refractivity (Wildman–Crippen MR) is 71.4 cm³/mol. The van der Waals surface area contributed by atoms with Gasteiger partial charge in [0.1, 0.15) is 22.9 Å². The molecule has 100 valence electrons. The van der Waals surface area contributed by atoms with Crippen LogP contribution in [0.1, 0.15) is 21.9 Å². The van der Waals surface area contributed by atoms with E-state index in [0.29, 0.717) is 17.3 Å². The summed E-state index contributed by atoms with van der Waals surface area (Å²) in [7, 11) is 0. The molecule has 2 rings (SSSR count). The zero-order valence-corrected chi connectivity index (χ0v) is 11.5. The van der Waals surface area contributed by atoms with E-state index < -0.39 is 11.8 Å². The number of benzene rings is 1. The van der Waals surface area contributed by atoms with Crippen LogP contribution in [-0.4, -0.2) is 11.1 Å². The van der Waals surface area contributed by atoms with Crippen molar-refractivity contribution >= 4 is 29.3 Å². The van der Waals surface area contributed by atoms with Gasteiger partial charge in [0.2, 0.25) is 0 Å². The van der Waals surface area contributed by atoms with E-state index in [4.69, 9.17) is 21.1 Å². The molecule has 1 N–H and O–H groups in total. The van der Waals surface area contributed by atoms with Crippen molar-refractivity contribution in [3.05, 3.63) is 52.2 Å². The summed E-state index contributed by atoms with van der Waals surface area (Å²) in [5, 5.41) is 8.97. The van der Waals surface area contributed by atoms with Gasteiger partial charge in [0.25, 0.3) is 0 Å². The molecule has 19 heavy (non-hydrogen) atoms. The summed E-state index contributed by atoms with van der Waals surface area (Å²) in [6.07, 6.45) is 0. The smallest absolute Gasteiger partial charge is 0.339 e. The number of furan rings is 1. The number of carboxylic acids is 1. The van der Waals surface area contributed by atoms with Gasteiger partial charge in [-0.05, 0) is 31.2 Å². The zero-order valence-electron chi connectivity index (χ0n) is 9.94. The number of hydrogen-bond donors (Lipinski definition) is 1. The summed E-state index contributed by atoms with van der Waals surface area (Å²) in [6, 6.07) is 5.92. The second kappa shape index (κ2) is 5.67. The molecule has 0 bridgehead atoms. The van der Waals surface area contributed by atoms with Crippen molar-refractivity contribution in [3.8, 4) is 0 Å². The van der Waals surface area contributed by atoms with Gasteiger partial charge >= 0.3 is 5.97 Å². The maximum atomic E-state index is 13.0. The summed E-state index contributed by atoms with van der Waals surface area (Å²) >= 11 is 7.07. The van der Waals surface area contributed by atoms with Gasteiger partial charge in [-0.3, -0.25) is 0 Å². The van der Waals surface area contributed by atoms with Crippen LogP contribution in [0.4, 0.5) is 4.39 Å². The Morgan fingerprint density at radius 2 is 2.21 bits per heavy atom. The third kappa shape index (κ3) is 3.30. The minimum atomic E-state index is -1.01. The van der Waals surface area contributed by atoms with Gasteiger partial charge in [0.05, 0.1) is 10.8 Å². The van der Waals surface area contributed by atoms with Crippen LogP contribution < -0.4 is 0 Å². The maximum Gasteiger partial charge on any atom is 0.339 e. The molecule has 0 spiro atoms. The molecule has 1 aromatic carbocycles. The monoisotopic (exact) mass is 300 g/mol. The number of aromatic carboxylic acids is 1. The van der Waals surface area contributed by atoms with E-state index in [2.05, 4.69) is 0 Å². The molecule has 0 aliphatic carbocycles. The SMILES string of the molecule is Cc1oc(CSc2ccc(F)c(Cl)c2)cc1C(=O)O. The first kappa shape index (κ1) is 14.0. The molecule has 0 saturated heterocycles. The molecule has 0 aliphatic rings. The highest BCUT2D eigenvalue weighted by atomic mass is 35.5. The van der Waals surface area contributed by atoms with Crippen molar-refractivity contribution in [1.82, 2.24) is 0 Å². The van der Waals surface area contributed by atoms with Crippen molar-refractivity contribution in [2.75, 3.05) is 0 Å². The average Bonchev–Trinajstić information content (AvgIpc) is 2.72. The van der Waals surface area contributed by atoms with Crippen molar-refractivity contribution in [2.24, 2.45) is 0 Å². The predicted octanol–water partition coefficient (Wildman–Crippen LogP) is 4.37. The first-order valence-corrected chi connectivity index (χ1v) is 6.74. The average molecular weight is 301 g/mol. The molecular weight excluding hydrogens is 291 g/mol. The van der Waals surface area contributed by atoms with Crippen LogP contribution in [-0.2, 0) is 5.75 Å². The first-order valence-electron chi connectivity index (χ1n) is 5.38. The van der Waals surface area contributed by atoms with Crippen LogP contribution in [0.2, 0.25) is 5.02 Å². The first-order chi connectivity index (χ1) is 8.97. The zero-order chi connectivity index (χ0) is 14.0. The third-order valence-corrected chi connectivity index (χ3v) is 3.78. The molecule has 0 saturated carbocycles. The lowest BCUT2D eigenvalue weighted by Crippen LogP contribution is -1.94. The van der Waals surface area contributed by atoms with E-state index in [-0.39, 0.29) is 10.6 Å².